The topological polar surface area (TPSA) is 109 Å². The van der Waals surface area contributed by atoms with E-state index in [2.05, 4.69) is 10.3 Å². The number of methoxy groups -OCH3 is 1. The molecule has 1 heterocycles. The molecule has 0 saturated heterocycles. The second kappa shape index (κ2) is 5.55. The van der Waals surface area contributed by atoms with E-state index in [0.29, 0.717) is 23.7 Å². The van der Waals surface area contributed by atoms with Gasteiger partial charge in [-0.1, -0.05) is 18.6 Å². The first-order chi connectivity index (χ1) is 9.58. The van der Waals surface area contributed by atoms with Crippen LogP contribution in [-0.2, 0) is 6.42 Å². The van der Waals surface area contributed by atoms with Crippen molar-refractivity contribution in [3.05, 3.63) is 34.0 Å². The number of anilines is 1. The Kier molecular flexibility index (Phi) is 3.83. The highest BCUT2D eigenvalue weighted by Gasteiger charge is 2.17. The number of non-ortho nitro benzene ring substituents is 1. The number of nitrogens with zero attached hydrogens (tertiary/aromatic N) is 4. The minimum absolute atomic E-state index is 0.0456. The molecule has 1 aromatic carbocycles. The van der Waals surface area contributed by atoms with E-state index in [1.807, 2.05) is 6.92 Å². The van der Waals surface area contributed by atoms with Crippen LogP contribution in [0.3, 0.4) is 0 Å². The number of benzene rings is 1. The fourth-order valence-corrected chi connectivity index (χ4v) is 1.93. The van der Waals surface area contributed by atoms with Gasteiger partial charge in [0.25, 0.3) is 5.69 Å². The zero-order chi connectivity index (χ0) is 14.7. The summed E-state index contributed by atoms with van der Waals surface area (Å²) < 4.78 is 6.76. The maximum Gasteiger partial charge on any atom is 0.273 e. The van der Waals surface area contributed by atoms with Gasteiger partial charge in [0.2, 0.25) is 0 Å². The van der Waals surface area contributed by atoms with Crippen molar-refractivity contribution < 1.29 is 9.66 Å². The molecule has 0 unspecified atom stereocenters. The van der Waals surface area contributed by atoms with E-state index >= 15 is 0 Å². The van der Waals surface area contributed by atoms with E-state index in [9.17, 15) is 10.1 Å². The highest BCUT2D eigenvalue weighted by molar-refractivity contribution is 5.54. The molecule has 0 bridgehead atoms. The minimum Gasteiger partial charge on any atom is -0.494 e. The molecule has 0 radical (unpaired) electrons. The van der Waals surface area contributed by atoms with Crippen LogP contribution >= 0.6 is 0 Å². The van der Waals surface area contributed by atoms with Crippen molar-refractivity contribution in [2.75, 3.05) is 12.8 Å². The van der Waals surface area contributed by atoms with Gasteiger partial charge in [-0.3, -0.25) is 10.1 Å². The van der Waals surface area contributed by atoms with Crippen molar-refractivity contribution in [1.82, 2.24) is 15.0 Å². The van der Waals surface area contributed by atoms with Gasteiger partial charge in [0.15, 0.2) is 11.6 Å². The number of ether oxygens (including phenoxy) is 1. The second-order valence-electron chi connectivity index (χ2n) is 4.20. The van der Waals surface area contributed by atoms with Crippen molar-refractivity contribution in [1.29, 1.82) is 0 Å². The third-order valence-electron chi connectivity index (χ3n) is 2.88. The number of nitro benzene ring substituents is 1. The molecule has 2 rings (SSSR count). The molecule has 8 heteroatoms. The third-order valence-corrected chi connectivity index (χ3v) is 2.88. The standard InChI is InChI=1S/C12H15N5O3/c1-3-4-10-12(13)14-15-16(10)9-6-5-8(17(18)19)7-11(9)20-2/h5-7H,3-4,13H2,1-2H3. The number of hydrogen-bond donors (Lipinski definition) is 1. The molecule has 106 valence electrons. The molecule has 0 saturated carbocycles. The van der Waals surface area contributed by atoms with E-state index in [4.69, 9.17) is 10.5 Å². The SMILES string of the molecule is CCCc1c(N)nnn1-c1ccc([N+](=O)[O-])cc1OC. The van der Waals surface area contributed by atoms with Gasteiger partial charge in [0, 0.05) is 6.07 Å². The Balaban J connectivity index is 2.55. The third kappa shape index (κ3) is 2.40. The zero-order valence-electron chi connectivity index (χ0n) is 11.2. The Morgan fingerprint density at radius 3 is 2.85 bits per heavy atom. The highest BCUT2D eigenvalue weighted by Crippen LogP contribution is 2.29. The Labute approximate surface area is 115 Å². The molecule has 1 aromatic heterocycles. The second-order valence-corrected chi connectivity index (χ2v) is 4.20. The van der Waals surface area contributed by atoms with Gasteiger partial charge in [-0.05, 0) is 12.5 Å². The van der Waals surface area contributed by atoms with Gasteiger partial charge in [0.1, 0.15) is 5.69 Å². The van der Waals surface area contributed by atoms with E-state index in [-0.39, 0.29) is 5.69 Å². The van der Waals surface area contributed by atoms with Crippen LogP contribution in [0.25, 0.3) is 5.69 Å². The number of nitrogens with two attached hydrogens (primary N) is 1. The molecular formula is C12H15N5O3. The summed E-state index contributed by atoms with van der Waals surface area (Å²) in [5.74, 6) is 0.703. The Bertz CT molecular complexity index is 638. The Hall–Kier alpha value is -2.64. The Morgan fingerprint density at radius 2 is 2.25 bits per heavy atom. The molecule has 0 atom stereocenters. The molecule has 0 aliphatic carbocycles. The van der Waals surface area contributed by atoms with E-state index in [0.717, 1.165) is 12.1 Å². The van der Waals surface area contributed by atoms with E-state index in [1.54, 1.807) is 10.7 Å². The lowest BCUT2D eigenvalue weighted by molar-refractivity contribution is -0.384. The fraction of sp³-hybridized carbons (Fsp3) is 0.333. The van der Waals surface area contributed by atoms with Crippen molar-refractivity contribution in [2.24, 2.45) is 0 Å². The molecule has 2 N–H and O–H groups in total. The first-order valence-electron chi connectivity index (χ1n) is 6.11. The molecule has 2 aromatic rings. The monoisotopic (exact) mass is 277 g/mol. The first kappa shape index (κ1) is 13.8. The van der Waals surface area contributed by atoms with Crippen molar-refractivity contribution >= 4 is 11.5 Å². The van der Waals surface area contributed by atoms with Gasteiger partial charge < -0.3 is 10.5 Å². The quantitative estimate of drug-likeness (QED) is 0.658. The number of rotatable bonds is 5. The molecule has 0 aliphatic heterocycles. The van der Waals surface area contributed by atoms with Crippen LogP contribution in [0, 0.1) is 10.1 Å². The van der Waals surface area contributed by atoms with Gasteiger partial charge >= 0.3 is 0 Å². The van der Waals surface area contributed by atoms with Crippen LogP contribution < -0.4 is 10.5 Å². The van der Waals surface area contributed by atoms with Gasteiger partial charge in [-0.15, -0.1) is 5.10 Å². The van der Waals surface area contributed by atoms with Crippen LogP contribution in [0.5, 0.6) is 5.75 Å². The van der Waals surface area contributed by atoms with Crippen LogP contribution in [0.4, 0.5) is 11.5 Å². The van der Waals surface area contributed by atoms with E-state index < -0.39 is 4.92 Å². The van der Waals surface area contributed by atoms with E-state index in [1.165, 1.54) is 19.2 Å². The lowest BCUT2D eigenvalue weighted by atomic mass is 10.2. The van der Waals surface area contributed by atoms with Crippen LogP contribution in [0.2, 0.25) is 0 Å². The van der Waals surface area contributed by atoms with Crippen molar-refractivity contribution in [2.45, 2.75) is 19.8 Å². The van der Waals surface area contributed by atoms with Gasteiger partial charge in [-0.25, -0.2) is 4.68 Å². The first-order valence-corrected chi connectivity index (χ1v) is 6.11. The highest BCUT2D eigenvalue weighted by atomic mass is 16.6. The summed E-state index contributed by atoms with van der Waals surface area (Å²) in [5, 5.41) is 18.6. The average Bonchev–Trinajstić information content (AvgIpc) is 2.80. The summed E-state index contributed by atoms with van der Waals surface area (Å²) in [6.45, 7) is 2.02. The molecule has 0 amide bonds. The number of hydrogen-bond acceptors (Lipinski definition) is 6. The summed E-state index contributed by atoms with van der Waals surface area (Å²) in [7, 11) is 1.45. The molecular weight excluding hydrogens is 262 g/mol. The smallest absolute Gasteiger partial charge is 0.273 e. The zero-order valence-corrected chi connectivity index (χ0v) is 11.2. The molecule has 20 heavy (non-hydrogen) atoms. The molecule has 0 aliphatic rings. The number of nitrogen functional groups attached to an aromatic ring is 1. The van der Waals surface area contributed by atoms with Crippen LogP contribution in [0.15, 0.2) is 18.2 Å². The Morgan fingerprint density at radius 1 is 1.50 bits per heavy atom. The summed E-state index contributed by atoms with van der Waals surface area (Å²) in [5.41, 5.74) is 7.08. The summed E-state index contributed by atoms with van der Waals surface area (Å²) in [6, 6.07) is 4.32. The van der Waals surface area contributed by atoms with Gasteiger partial charge in [-0.2, -0.15) is 0 Å². The van der Waals surface area contributed by atoms with Crippen molar-refractivity contribution in [3.8, 4) is 11.4 Å². The lowest BCUT2D eigenvalue weighted by Gasteiger charge is -2.10. The molecule has 0 fully saturated rings. The summed E-state index contributed by atoms with van der Waals surface area (Å²) >= 11 is 0. The van der Waals surface area contributed by atoms with Gasteiger partial charge in [0.05, 0.1) is 23.8 Å². The number of nitro groups is 1. The predicted molar refractivity (Wildman–Crippen MR) is 73.0 cm³/mol. The maximum atomic E-state index is 10.8. The summed E-state index contributed by atoms with van der Waals surface area (Å²) in [6.07, 6.45) is 1.59. The summed E-state index contributed by atoms with van der Waals surface area (Å²) in [4.78, 5) is 10.3. The fourth-order valence-electron chi connectivity index (χ4n) is 1.93. The largest absolute Gasteiger partial charge is 0.494 e. The molecule has 8 nitrogen and oxygen atoms in total. The normalized spacial score (nSPS) is 10.5. The molecule has 0 spiro atoms. The lowest BCUT2D eigenvalue weighted by Crippen LogP contribution is -2.06. The van der Waals surface area contributed by atoms with Crippen LogP contribution in [-0.4, -0.2) is 27.0 Å². The van der Waals surface area contributed by atoms with Crippen LogP contribution in [0.1, 0.15) is 19.0 Å². The minimum atomic E-state index is -0.477. The predicted octanol–water partition coefficient (Wildman–Crippen LogP) is 1.72. The number of aromatic nitrogens is 3. The average molecular weight is 277 g/mol. The maximum absolute atomic E-state index is 10.8. The van der Waals surface area contributed by atoms with Crippen molar-refractivity contribution in [3.63, 3.8) is 0 Å².